The number of aromatic nitrogens is 3. The Hall–Kier alpha value is -3.55. The lowest BCUT2D eigenvalue weighted by Crippen LogP contribution is -1.99. The van der Waals surface area contributed by atoms with E-state index in [0.717, 1.165) is 22.6 Å². The zero-order valence-corrected chi connectivity index (χ0v) is 14.0. The lowest BCUT2D eigenvalue weighted by Gasteiger charge is -2.11. The number of rotatable bonds is 6. The summed E-state index contributed by atoms with van der Waals surface area (Å²) < 4.78 is 23.5. The minimum Gasteiger partial charge on any atom is -0.493 e. The predicted molar refractivity (Wildman–Crippen MR) is 92.9 cm³/mol. The first-order chi connectivity index (χ1) is 12.8. The van der Waals surface area contributed by atoms with E-state index in [1.807, 2.05) is 36.4 Å². The third kappa shape index (κ3) is 3.44. The molecule has 0 fully saturated rings. The second-order valence-corrected chi connectivity index (χ2v) is 5.47. The van der Waals surface area contributed by atoms with Crippen LogP contribution in [0.5, 0.6) is 23.0 Å². The number of methoxy groups -OCH3 is 1. The van der Waals surface area contributed by atoms with Crippen LogP contribution in [0, 0.1) is 0 Å². The number of hydrogen-bond donors (Lipinski definition) is 0. The zero-order valence-electron chi connectivity index (χ0n) is 14.0. The van der Waals surface area contributed by atoms with E-state index in [1.54, 1.807) is 13.3 Å². The molecule has 0 spiro atoms. The maximum absolute atomic E-state index is 5.89. The van der Waals surface area contributed by atoms with E-state index >= 15 is 0 Å². The molecule has 0 bridgehead atoms. The molecule has 2 aromatic carbocycles. The minimum atomic E-state index is 0.256. The highest BCUT2D eigenvalue weighted by molar-refractivity contribution is 5.80. The van der Waals surface area contributed by atoms with Gasteiger partial charge in [-0.1, -0.05) is 6.07 Å². The van der Waals surface area contributed by atoms with Gasteiger partial charge in [-0.3, -0.25) is 0 Å². The molecule has 0 unspecified atom stereocenters. The number of benzene rings is 2. The van der Waals surface area contributed by atoms with Gasteiger partial charge in [-0.05, 0) is 41.5 Å². The summed E-state index contributed by atoms with van der Waals surface area (Å²) in [4.78, 5) is 0. The van der Waals surface area contributed by atoms with Crippen molar-refractivity contribution >= 4 is 6.21 Å². The van der Waals surface area contributed by atoms with E-state index < -0.39 is 0 Å². The van der Waals surface area contributed by atoms with Crippen molar-refractivity contribution in [3.8, 4) is 23.0 Å². The summed E-state index contributed by atoms with van der Waals surface area (Å²) in [7, 11) is 1.60. The first-order valence-electron chi connectivity index (χ1n) is 7.90. The molecule has 26 heavy (non-hydrogen) atoms. The van der Waals surface area contributed by atoms with Crippen LogP contribution < -0.4 is 18.9 Å². The van der Waals surface area contributed by atoms with E-state index in [9.17, 15) is 0 Å². The Balaban J connectivity index is 1.46. The van der Waals surface area contributed by atoms with Gasteiger partial charge in [0.1, 0.15) is 19.3 Å². The molecule has 8 nitrogen and oxygen atoms in total. The van der Waals surface area contributed by atoms with Gasteiger partial charge in [0.15, 0.2) is 23.0 Å². The molecule has 0 aliphatic carbocycles. The minimum absolute atomic E-state index is 0.256. The van der Waals surface area contributed by atoms with Crippen LogP contribution in [0.4, 0.5) is 0 Å². The van der Waals surface area contributed by atoms with Gasteiger partial charge >= 0.3 is 0 Å². The molecule has 1 aliphatic rings. The molecule has 2 heterocycles. The van der Waals surface area contributed by atoms with Crippen LogP contribution >= 0.6 is 0 Å². The molecule has 1 aromatic heterocycles. The molecule has 0 N–H and O–H groups in total. The number of hydrogen-bond acceptors (Lipinski definition) is 7. The third-order valence-electron chi connectivity index (χ3n) is 3.77. The fourth-order valence-corrected chi connectivity index (χ4v) is 2.46. The lowest BCUT2D eigenvalue weighted by molar-refractivity contribution is 0.174. The summed E-state index contributed by atoms with van der Waals surface area (Å²) >= 11 is 0. The van der Waals surface area contributed by atoms with Crippen LogP contribution in [0.15, 0.2) is 54.2 Å². The molecule has 132 valence electrons. The van der Waals surface area contributed by atoms with Crippen molar-refractivity contribution in [3.05, 3.63) is 60.2 Å². The monoisotopic (exact) mass is 352 g/mol. The molecule has 4 rings (SSSR count). The molecule has 0 amide bonds. The van der Waals surface area contributed by atoms with E-state index in [1.165, 1.54) is 17.3 Å². The third-order valence-corrected chi connectivity index (χ3v) is 3.77. The molecule has 8 heteroatoms. The van der Waals surface area contributed by atoms with E-state index in [0.29, 0.717) is 18.1 Å². The fourth-order valence-electron chi connectivity index (χ4n) is 2.46. The Morgan fingerprint density at radius 2 is 1.92 bits per heavy atom. The number of fused-ring (bicyclic) bond motifs is 1. The SMILES string of the molecule is COc1cc(/C=N\n2cnnc2)ccc1OCc1ccc2c(c1)OCO2. The van der Waals surface area contributed by atoms with Crippen molar-refractivity contribution in [1.29, 1.82) is 0 Å². The standard InChI is InChI=1S/C18H16N4O4/c1-23-17-6-13(8-21-22-10-19-20-11-22)2-4-15(17)24-9-14-3-5-16-18(7-14)26-12-25-16/h2-8,10-11H,9,12H2,1H3/b21-8-. The van der Waals surface area contributed by atoms with Gasteiger partial charge < -0.3 is 18.9 Å². The quantitative estimate of drug-likeness (QED) is 0.634. The van der Waals surface area contributed by atoms with Gasteiger partial charge in [-0.2, -0.15) is 5.10 Å². The summed E-state index contributed by atoms with van der Waals surface area (Å²) in [5.41, 5.74) is 1.85. The zero-order chi connectivity index (χ0) is 17.8. The molecule has 3 aromatic rings. The highest BCUT2D eigenvalue weighted by Crippen LogP contribution is 2.33. The van der Waals surface area contributed by atoms with Gasteiger partial charge in [0.05, 0.1) is 13.3 Å². The summed E-state index contributed by atoms with van der Waals surface area (Å²) in [5.74, 6) is 2.76. The highest BCUT2D eigenvalue weighted by atomic mass is 16.7. The smallest absolute Gasteiger partial charge is 0.231 e. The van der Waals surface area contributed by atoms with Gasteiger partial charge in [0, 0.05) is 0 Å². The molecule has 0 saturated heterocycles. The maximum Gasteiger partial charge on any atom is 0.231 e. The summed E-state index contributed by atoms with van der Waals surface area (Å²) in [6, 6.07) is 11.3. The number of nitrogens with zero attached hydrogens (tertiary/aromatic N) is 4. The highest BCUT2D eigenvalue weighted by Gasteiger charge is 2.13. The van der Waals surface area contributed by atoms with Crippen molar-refractivity contribution in [2.24, 2.45) is 5.10 Å². The van der Waals surface area contributed by atoms with Crippen LogP contribution in [0.2, 0.25) is 0 Å². The van der Waals surface area contributed by atoms with Gasteiger partial charge in [0.25, 0.3) is 0 Å². The molecular formula is C18H16N4O4. The average molecular weight is 352 g/mol. The Labute approximate surface area is 149 Å². The topological polar surface area (TPSA) is 80.0 Å². The average Bonchev–Trinajstić information content (AvgIpc) is 3.36. The van der Waals surface area contributed by atoms with Crippen LogP contribution in [0.3, 0.4) is 0 Å². The van der Waals surface area contributed by atoms with Gasteiger partial charge in [0.2, 0.25) is 6.79 Å². The fraction of sp³-hybridized carbons (Fsp3) is 0.167. The van der Waals surface area contributed by atoms with Crippen LogP contribution in [-0.4, -0.2) is 35.0 Å². The molecular weight excluding hydrogens is 336 g/mol. The lowest BCUT2D eigenvalue weighted by atomic mass is 10.2. The van der Waals surface area contributed by atoms with E-state index in [2.05, 4.69) is 15.3 Å². The Kier molecular flexibility index (Phi) is 4.38. The van der Waals surface area contributed by atoms with Crippen molar-refractivity contribution in [2.45, 2.75) is 6.61 Å². The van der Waals surface area contributed by atoms with Crippen molar-refractivity contribution in [1.82, 2.24) is 14.9 Å². The van der Waals surface area contributed by atoms with Crippen molar-refractivity contribution < 1.29 is 18.9 Å². The largest absolute Gasteiger partial charge is 0.493 e. The Morgan fingerprint density at radius 1 is 1.08 bits per heavy atom. The summed E-state index contributed by atoms with van der Waals surface area (Å²) in [6.45, 7) is 0.646. The first-order valence-corrected chi connectivity index (χ1v) is 7.90. The second kappa shape index (κ2) is 7.14. The second-order valence-electron chi connectivity index (χ2n) is 5.47. The maximum atomic E-state index is 5.89. The predicted octanol–water partition coefficient (Wildman–Crippen LogP) is 2.48. The normalized spacial score (nSPS) is 12.5. The van der Waals surface area contributed by atoms with Crippen LogP contribution in [0.1, 0.15) is 11.1 Å². The molecule has 1 aliphatic heterocycles. The van der Waals surface area contributed by atoms with Crippen molar-refractivity contribution in [2.75, 3.05) is 13.9 Å². The van der Waals surface area contributed by atoms with Crippen molar-refractivity contribution in [3.63, 3.8) is 0 Å². The van der Waals surface area contributed by atoms with E-state index in [-0.39, 0.29) is 6.79 Å². The summed E-state index contributed by atoms with van der Waals surface area (Å²) in [5, 5.41) is 11.6. The van der Waals surface area contributed by atoms with Gasteiger partial charge in [-0.15, -0.1) is 10.2 Å². The van der Waals surface area contributed by atoms with Gasteiger partial charge in [-0.25, -0.2) is 4.68 Å². The van der Waals surface area contributed by atoms with Crippen LogP contribution in [-0.2, 0) is 6.61 Å². The number of ether oxygens (including phenoxy) is 4. The molecule has 0 radical (unpaired) electrons. The summed E-state index contributed by atoms with van der Waals surface area (Å²) in [6.07, 6.45) is 4.71. The Morgan fingerprint density at radius 3 is 2.77 bits per heavy atom. The van der Waals surface area contributed by atoms with Crippen LogP contribution in [0.25, 0.3) is 0 Å². The van der Waals surface area contributed by atoms with E-state index in [4.69, 9.17) is 18.9 Å². The molecule has 0 atom stereocenters. The molecule has 0 saturated carbocycles. The first kappa shape index (κ1) is 15.9. The Bertz CT molecular complexity index is 925.